The maximum atomic E-state index is 14.8. The second kappa shape index (κ2) is 14.5. The van der Waals surface area contributed by atoms with Gasteiger partial charge in [-0.2, -0.15) is 0 Å². The van der Waals surface area contributed by atoms with Crippen molar-refractivity contribution in [2.24, 2.45) is 0 Å². The lowest BCUT2D eigenvalue weighted by Crippen LogP contribution is -2.63. The minimum absolute atomic E-state index is 0.0410. The molecular formula is C40H52ClN5O8S. The Kier molecular flexibility index (Phi) is 10.4. The van der Waals surface area contributed by atoms with Gasteiger partial charge in [-0.1, -0.05) is 43.5 Å². The van der Waals surface area contributed by atoms with E-state index >= 15 is 0 Å². The maximum absolute atomic E-state index is 14.8. The quantitative estimate of drug-likeness (QED) is 0.311. The number of hydrogen-bond donors (Lipinski definition) is 3. The van der Waals surface area contributed by atoms with Crippen LogP contribution in [0.4, 0.5) is 4.79 Å². The van der Waals surface area contributed by atoms with Crippen LogP contribution < -0.4 is 20.1 Å². The number of alkyl carbamates (subject to hydrolysis) is 1. The Morgan fingerprint density at radius 2 is 1.85 bits per heavy atom. The lowest BCUT2D eigenvalue weighted by molar-refractivity contribution is -0.142. The van der Waals surface area contributed by atoms with Crippen LogP contribution >= 0.6 is 11.6 Å². The van der Waals surface area contributed by atoms with E-state index in [1.807, 2.05) is 38.1 Å². The van der Waals surface area contributed by atoms with Gasteiger partial charge in [0.15, 0.2) is 0 Å². The predicted molar refractivity (Wildman–Crippen MR) is 207 cm³/mol. The average molecular weight is 798 g/mol. The molecule has 1 saturated heterocycles. The summed E-state index contributed by atoms with van der Waals surface area (Å²) in [6.07, 6.45) is 9.93. The molecule has 3 aliphatic heterocycles. The smallest absolute Gasteiger partial charge is 0.408 e. The number of ether oxygens (including phenoxy) is 2. The number of pyridine rings is 1. The summed E-state index contributed by atoms with van der Waals surface area (Å²) in [4.78, 5) is 63.0. The first-order valence-corrected chi connectivity index (χ1v) is 21.5. The second-order valence-electron chi connectivity index (χ2n) is 16.8. The van der Waals surface area contributed by atoms with Gasteiger partial charge >= 0.3 is 6.09 Å². The molecule has 4 unspecified atom stereocenters. The van der Waals surface area contributed by atoms with Crippen LogP contribution in [0.5, 0.6) is 5.75 Å². The van der Waals surface area contributed by atoms with Crippen molar-refractivity contribution in [1.29, 1.82) is 0 Å². The molecule has 1 spiro atoms. The van der Waals surface area contributed by atoms with Crippen LogP contribution in [0.1, 0.15) is 115 Å². The van der Waals surface area contributed by atoms with Crippen LogP contribution in [-0.4, -0.2) is 82.2 Å². The highest BCUT2D eigenvalue weighted by Crippen LogP contribution is 2.46. The number of halogens is 1. The summed E-state index contributed by atoms with van der Waals surface area (Å²) < 4.78 is 40.4. The Balaban J connectivity index is 1.24. The Labute approximate surface area is 327 Å². The first-order chi connectivity index (χ1) is 26.0. The highest BCUT2D eigenvalue weighted by molar-refractivity contribution is 7.91. The van der Waals surface area contributed by atoms with E-state index < -0.39 is 67.4 Å². The molecule has 1 aromatic heterocycles. The van der Waals surface area contributed by atoms with Gasteiger partial charge in [0.05, 0.1) is 22.5 Å². The molecule has 298 valence electrons. The van der Waals surface area contributed by atoms with Gasteiger partial charge in [0.25, 0.3) is 5.91 Å². The zero-order valence-corrected chi connectivity index (χ0v) is 33.7. The number of nitrogens with zero attached hydrogens (tertiary/aromatic N) is 2. The average Bonchev–Trinajstić information content (AvgIpc) is 4.04. The highest BCUT2D eigenvalue weighted by Gasteiger charge is 2.56. The van der Waals surface area contributed by atoms with E-state index in [0.717, 1.165) is 42.1 Å². The van der Waals surface area contributed by atoms with Crippen molar-refractivity contribution in [2.45, 2.75) is 151 Å². The van der Waals surface area contributed by atoms with Crippen LogP contribution in [0.2, 0.25) is 5.02 Å². The molecule has 2 aromatic rings. The molecule has 7 rings (SSSR count). The van der Waals surface area contributed by atoms with Crippen molar-refractivity contribution in [3.05, 3.63) is 46.6 Å². The molecule has 55 heavy (non-hydrogen) atoms. The lowest BCUT2D eigenvalue weighted by atomic mass is 9.86. The number of benzene rings is 1. The number of carbonyl (C=O) groups excluding carboxylic acids is 4. The van der Waals surface area contributed by atoms with Crippen molar-refractivity contribution in [1.82, 2.24) is 25.2 Å². The van der Waals surface area contributed by atoms with E-state index in [9.17, 15) is 27.6 Å². The van der Waals surface area contributed by atoms with E-state index in [0.29, 0.717) is 61.4 Å². The summed E-state index contributed by atoms with van der Waals surface area (Å²) in [5.74, 6) is -1.30. The van der Waals surface area contributed by atoms with E-state index in [-0.39, 0.29) is 25.8 Å². The number of allylic oxidation sites excluding steroid dienone is 1. The van der Waals surface area contributed by atoms with Gasteiger partial charge in [-0.05, 0) is 110 Å². The molecule has 2 saturated carbocycles. The van der Waals surface area contributed by atoms with Crippen molar-refractivity contribution in [2.75, 3.05) is 6.54 Å². The summed E-state index contributed by atoms with van der Waals surface area (Å²) in [7, 11) is -4.02. The van der Waals surface area contributed by atoms with E-state index in [1.54, 1.807) is 19.9 Å². The topological polar surface area (TPSA) is 173 Å². The molecule has 4 atom stereocenters. The zero-order valence-electron chi connectivity index (χ0n) is 32.1. The fourth-order valence-electron chi connectivity index (χ4n) is 8.11. The van der Waals surface area contributed by atoms with E-state index in [4.69, 9.17) is 26.1 Å². The molecule has 4 heterocycles. The Bertz CT molecular complexity index is 2050. The third-order valence-electron chi connectivity index (χ3n) is 12.4. The third-order valence-corrected chi connectivity index (χ3v) is 14.8. The Hall–Kier alpha value is -3.91. The summed E-state index contributed by atoms with van der Waals surface area (Å²) in [6.45, 7) is 7.08. The van der Waals surface area contributed by atoms with Gasteiger partial charge in [0.1, 0.15) is 34.6 Å². The number of carbonyl (C=O) groups is 4. The number of fused-ring (bicyclic) bond motifs is 4. The monoisotopic (exact) mass is 797 g/mol. The molecule has 0 radical (unpaired) electrons. The standard InChI is InChI=1S/C40H52ClN5O8S/c1-5-40(35(49)45-55(51,52)38(4)20-21-38)16-11-9-7-6-8-10-12-30(43-36(50)54-37(3)18-19-37)34(48)46-24-39(23-31(46)33(47)44-40)17-15-27-28-22-26(41)13-14-29(28)42-25(2)32(27)53-39/h9,11,13-14,22,30-31H,5-8,10,12,15-21,23-24H2,1-4H3,(H,43,50)(H,44,47)(H,45,49). The van der Waals surface area contributed by atoms with Gasteiger partial charge < -0.3 is 25.0 Å². The Morgan fingerprint density at radius 1 is 1.09 bits per heavy atom. The molecule has 5 aliphatic rings. The minimum atomic E-state index is -4.02. The Morgan fingerprint density at radius 3 is 2.56 bits per heavy atom. The third kappa shape index (κ3) is 7.90. The highest BCUT2D eigenvalue weighted by atomic mass is 35.5. The number of amides is 4. The van der Waals surface area contributed by atoms with Crippen LogP contribution in [0.25, 0.3) is 10.9 Å². The first kappa shape index (κ1) is 39.3. The predicted octanol–water partition coefficient (Wildman–Crippen LogP) is 5.68. The van der Waals surface area contributed by atoms with Crippen LogP contribution in [0.15, 0.2) is 30.4 Å². The molecule has 1 aromatic carbocycles. The zero-order chi connectivity index (χ0) is 39.4. The normalized spacial score (nSPS) is 28.9. The van der Waals surface area contributed by atoms with E-state index in [1.165, 1.54) is 4.90 Å². The number of sulfonamides is 1. The SMILES string of the molecule is CCC1(C(=O)NS(=O)(=O)C2(C)CC2)CC=CCCCCCC(NC(=O)OC2(C)CC2)C(=O)N2CC3(CCc4c(c(C)nc5ccc(Cl)cc45)O3)CC2C(=O)N1. The lowest BCUT2D eigenvalue weighted by Gasteiger charge is -2.36. The number of aromatic nitrogens is 1. The van der Waals surface area contributed by atoms with Crippen molar-refractivity contribution < 1.29 is 37.1 Å². The van der Waals surface area contributed by atoms with Crippen LogP contribution in [-0.2, 0) is 35.6 Å². The fourth-order valence-corrected chi connectivity index (χ4v) is 9.61. The molecule has 0 bridgehead atoms. The van der Waals surface area contributed by atoms with Gasteiger partial charge in [-0.3, -0.25) is 19.1 Å². The van der Waals surface area contributed by atoms with Crippen LogP contribution in [0.3, 0.4) is 0 Å². The maximum Gasteiger partial charge on any atom is 0.408 e. The fraction of sp³-hybridized carbons (Fsp3) is 0.625. The molecule has 3 fully saturated rings. The van der Waals surface area contributed by atoms with Crippen molar-refractivity contribution in [3.63, 3.8) is 0 Å². The molecule has 13 nitrogen and oxygen atoms in total. The van der Waals surface area contributed by atoms with Gasteiger partial charge in [-0.15, -0.1) is 0 Å². The van der Waals surface area contributed by atoms with Gasteiger partial charge in [0, 0.05) is 22.4 Å². The summed E-state index contributed by atoms with van der Waals surface area (Å²) >= 11 is 6.39. The number of rotatable bonds is 6. The summed E-state index contributed by atoms with van der Waals surface area (Å²) in [6, 6.07) is 3.44. The largest absolute Gasteiger partial charge is 0.483 e. The van der Waals surface area contributed by atoms with Crippen LogP contribution in [0, 0.1) is 6.92 Å². The molecule has 2 aliphatic carbocycles. The van der Waals surface area contributed by atoms with Crippen molar-refractivity contribution >= 4 is 56.3 Å². The molecular weight excluding hydrogens is 746 g/mol. The first-order valence-electron chi connectivity index (χ1n) is 19.6. The van der Waals surface area contributed by atoms with Gasteiger partial charge in [-0.25, -0.2) is 18.2 Å². The summed E-state index contributed by atoms with van der Waals surface area (Å²) in [5.41, 5.74) is -0.781. The van der Waals surface area contributed by atoms with Crippen molar-refractivity contribution in [3.8, 4) is 5.75 Å². The number of nitrogens with one attached hydrogen (secondary N) is 3. The molecule has 15 heteroatoms. The minimum Gasteiger partial charge on any atom is -0.483 e. The second-order valence-corrected chi connectivity index (χ2v) is 19.4. The number of hydrogen-bond acceptors (Lipinski definition) is 9. The van der Waals surface area contributed by atoms with E-state index in [2.05, 4.69) is 15.4 Å². The van der Waals surface area contributed by atoms with Gasteiger partial charge in [0.2, 0.25) is 21.8 Å². The number of aryl methyl sites for hydroxylation is 2. The molecule has 3 N–H and O–H groups in total. The molecule has 4 amide bonds. The summed E-state index contributed by atoms with van der Waals surface area (Å²) in [5, 5.41) is 7.23.